The summed E-state index contributed by atoms with van der Waals surface area (Å²) in [6, 6.07) is 0. The van der Waals surface area contributed by atoms with Crippen molar-refractivity contribution >= 4 is 5.97 Å². The maximum Gasteiger partial charge on any atom is 0.334 e. The van der Waals surface area contributed by atoms with E-state index in [4.69, 9.17) is 9.47 Å². The number of aliphatic hydroxyl groups excluding tert-OH is 4. The molecule has 2 unspecified atom stereocenters. The van der Waals surface area contributed by atoms with E-state index in [1.54, 1.807) is 0 Å². The Kier molecular flexibility index (Phi) is 21.6. The Morgan fingerprint density at radius 2 is 1.14 bits per heavy atom. The highest BCUT2D eigenvalue weighted by Gasteiger charge is 2.35. The molecule has 0 radical (unpaired) electrons. The van der Waals surface area contributed by atoms with Crippen LogP contribution in [0, 0.1) is 0 Å². The lowest BCUT2D eigenvalue weighted by Gasteiger charge is -2.23. The Morgan fingerprint density at radius 3 is 1.66 bits per heavy atom. The van der Waals surface area contributed by atoms with Gasteiger partial charge in [-0.3, -0.25) is 0 Å². The van der Waals surface area contributed by atoms with E-state index in [1.807, 2.05) is 13.0 Å². The summed E-state index contributed by atoms with van der Waals surface area (Å²) in [4.78, 5) is 11.6. The predicted molar refractivity (Wildman–Crippen MR) is 177 cm³/mol. The summed E-state index contributed by atoms with van der Waals surface area (Å²) in [5, 5.41) is 41.9. The Labute approximate surface area is 269 Å². The molecule has 0 aliphatic carbocycles. The molecular formula is C37H68O7. The van der Waals surface area contributed by atoms with Crippen molar-refractivity contribution in [1.29, 1.82) is 0 Å². The quantitative estimate of drug-likeness (QED) is 0.0518. The maximum atomic E-state index is 11.6. The van der Waals surface area contributed by atoms with Crippen LogP contribution in [0.4, 0.5) is 0 Å². The molecule has 0 saturated carbocycles. The minimum atomic E-state index is -0.679. The minimum Gasteiger partial charge on any atom is -0.455 e. The molecule has 0 aromatic heterocycles. The fourth-order valence-electron chi connectivity index (χ4n) is 6.76. The monoisotopic (exact) mass is 624 g/mol. The maximum absolute atomic E-state index is 11.6. The minimum absolute atomic E-state index is 0.145. The zero-order valence-corrected chi connectivity index (χ0v) is 28.3. The van der Waals surface area contributed by atoms with E-state index in [9.17, 15) is 25.2 Å². The number of esters is 1. The van der Waals surface area contributed by atoms with E-state index >= 15 is 0 Å². The second-order valence-electron chi connectivity index (χ2n) is 13.8. The third-order valence-electron chi connectivity index (χ3n) is 9.62. The summed E-state index contributed by atoms with van der Waals surface area (Å²) in [5.74, 6) is -0.240. The van der Waals surface area contributed by atoms with E-state index in [2.05, 4.69) is 6.92 Å². The Morgan fingerprint density at radius 1 is 0.659 bits per heavy atom. The first-order chi connectivity index (χ1) is 21.3. The van der Waals surface area contributed by atoms with Crippen molar-refractivity contribution in [3.05, 3.63) is 11.6 Å². The lowest BCUT2D eigenvalue weighted by Crippen LogP contribution is -2.33. The van der Waals surface area contributed by atoms with E-state index in [-0.39, 0.29) is 30.4 Å². The van der Waals surface area contributed by atoms with Gasteiger partial charge in [-0.15, -0.1) is 0 Å². The van der Waals surface area contributed by atoms with Gasteiger partial charge in [0.15, 0.2) is 0 Å². The average Bonchev–Trinajstić information content (AvgIpc) is 3.62. The fraction of sp³-hybridized carbons (Fsp3) is 0.919. The Hall–Kier alpha value is -0.990. The molecule has 44 heavy (non-hydrogen) atoms. The molecule has 2 rings (SSSR count). The number of hydrogen-bond donors (Lipinski definition) is 4. The zero-order chi connectivity index (χ0) is 32.0. The molecule has 0 spiro atoms. The van der Waals surface area contributed by atoms with Gasteiger partial charge >= 0.3 is 5.97 Å². The fourth-order valence-corrected chi connectivity index (χ4v) is 6.76. The van der Waals surface area contributed by atoms with Crippen molar-refractivity contribution in [1.82, 2.24) is 0 Å². The number of hydrogen-bond acceptors (Lipinski definition) is 7. The van der Waals surface area contributed by atoms with Crippen LogP contribution in [-0.4, -0.2) is 69.1 Å². The summed E-state index contributed by atoms with van der Waals surface area (Å²) in [6.45, 7) is 4.10. The second kappa shape index (κ2) is 24.2. The smallest absolute Gasteiger partial charge is 0.334 e. The van der Waals surface area contributed by atoms with Crippen LogP contribution in [-0.2, 0) is 14.3 Å². The highest BCUT2D eigenvalue weighted by Crippen LogP contribution is 2.29. The molecule has 2 heterocycles. The van der Waals surface area contributed by atoms with Crippen molar-refractivity contribution < 1.29 is 34.7 Å². The summed E-state index contributed by atoms with van der Waals surface area (Å²) in [5.41, 5.74) is 0.696. The molecule has 258 valence electrons. The van der Waals surface area contributed by atoms with Gasteiger partial charge in [0, 0.05) is 12.0 Å². The van der Waals surface area contributed by atoms with E-state index < -0.39 is 18.3 Å². The number of ether oxygens (including phenoxy) is 2. The first-order valence-electron chi connectivity index (χ1n) is 18.6. The van der Waals surface area contributed by atoms with Gasteiger partial charge < -0.3 is 29.9 Å². The highest BCUT2D eigenvalue weighted by molar-refractivity contribution is 5.90. The van der Waals surface area contributed by atoms with Gasteiger partial charge in [0.05, 0.1) is 36.6 Å². The van der Waals surface area contributed by atoms with E-state index in [0.29, 0.717) is 31.3 Å². The number of aliphatic hydroxyl groups is 4. The number of rotatable bonds is 28. The van der Waals surface area contributed by atoms with Crippen LogP contribution in [0.15, 0.2) is 11.6 Å². The van der Waals surface area contributed by atoms with Crippen LogP contribution >= 0.6 is 0 Å². The Bertz CT molecular complexity index is 756. The van der Waals surface area contributed by atoms with Gasteiger partial charge in [-0.1, -0.05) is 116 Å². The van der Waals surface area contributed by atoms with E-state index in [0.717, 1.165) is 77.0 Å². The molecule has 0 aromatic rings. The molecule has 1 fully saturated rings. The first kappa shape index (κ1) is 39.2. The summed E-state index contributed by atoms with van der Waals surface area (Å²) in [7, 11) is 0. The zero-order valence-electron chi connectivity index (χ0n) is 28.3. The molecule has 0 amide bonds. The normalized spacial score (nSPS) is 23.0. The van der Waals surface area contributed by atoms with Crippen molar-refractivity contribution in [2.45, 2.75) is 217 Å². The lowest BCUT2D eigenvalue weighted by atomic mass is 9.98. The van der Waals surface area contributed by atoms with Gasteiger partial charge in [-0.05, 0) is 57.9 Å². The van der Waals surface area contributed by atoms with Gasteiger partial charge in [-0.25, -0.2) is 4.79 Å². The largest absolute Gasteiger partial charge is 0.455 e. The lowest BCUT2D eigenvalue weighted by molar-refractivity contribution is -0.139. The second-order valence-corrected chi connectivity index (χ2v) is 13.8. The van der Waals surface area contributed by atoms with Crippen LogP contribution in [0.1, 0.15) is 174 Å². The summed E-state index contributed by atoms with van der Waals surface area (Å²) >= 11 is 0. The standard InChI is InChI=1S/C37H68O7/c1-3-4-5-6-7-8-9-13-16-19-22-33(40)35-25-26-36(44-35)34(41)28-32(39)21-18-15-12-10-11-14-17-20-31(38)24-23-30-27-29(2)43-37(30)42/h27,29,31-36,38-41H,3-26,28H2,1-2H3/t29-,31?,32?,33-,34+,35+,36+/m0/s1. The molecule has 7 atom stereocenters. The molecule has 7 nitrogen and oxygen atoms in total. The number of unbranched alkanes of at least 4 members (excludes halogenated alkanes) is 15. The van der Waals surface area contributed by atoms with Crippen molar-refractivity contribution in [3.63, 3.8) is 0 Å². The number of carbonyl (C=O) groups is 1. The SMILES string of the molecule is CCCCCCCCCCCC[C@H](O)[C@H]1CC[C@H]([C@H](O)CC(O)CCCCCCCCCC(O)CCC2=C[C@H](C)OC2=O)O1. The van der Waals surface area contributed by atoms with Gasteiger partial charge in [0.25, 0.3) is 0 Å². The van der Waals surface area contributed by atoms with Crippen molar-refractivity contribution in [3.8, 4) is 0 Å². The molecule has 1 saturated heterocycles. The first-order valence-corrected chi connectivity index (χ1v) is 18.6. The van der Waals surface area contributed by atoms with Crippen LogP contribution in [0.3, 0.4) is 0 Å². The van der Waals surface area contributed by atoms with Crippen LogP contribution < -0.4 is 0 Å². The average molecular weight is 625 g/mol. The van der Waals surface area contributed by atoms with Crippen molar-refractivity contribution in [2.75, 3.05) is 0 Å². The third-order valence-corrected chi connectivity index (χ3v) is 9.62. The molecule has 0 aromatic carbocycles. The summed E-state index contributed by atoms with van der Waals surface area (Å²) in [6.07, 6.45) is 24.9. The molecule has 2 aliphatic rings. The van der Waals surface area contributed by atoms with E-state index in [1.165, 1.54) is 57.8 Å². The summed E-state index contributed by atoms with van der Waals surface area (Å²) < 4.78 is 11.1. The van der Waals surface area contributed by atoms with Gasteiger partial charge in [0.2, 0.25) is 0 Å². The number of cyclic esters (lactones) is 1. The molecule has 0 bridgehead atoms. The Balaban J connectivity index is 1.39. The topological polar surface area (TPSA) is 116 Å². The number of carbonyl (C=O) groups excluding carboxylic acids is 1. The molecule has 4 N–H and O–H groups in total. The van der Waals surface area contributed by atoms with Crippen molar-refractivity contribution in [2.24, 2.45) is 0 Å². The predicted octanol–water partition coefficient (Wildman–Crippen LogP) is 7.84. The van der Waals surface area contributed by atoms with Crippen LogP contribution in [0.5, 0.6) is 0 Å². The molecular weight excluding hydrogens is 556 g/mol. The molecule has 7 heteroatoms. The van der Waals surface area contributed by atoms with Crippen LogP contribution in [0.25, 0.3) is 0 Å². The van der Waals surface area contributed by atoms with Gasteiger partial charge in [0.1, 0.15) is 6.10 Å². The highest BCUT2D eigenvalue weighted by atomic mass is 16.5. The van der Waals surface area contributed by atoms with Gasteiger partial charge in [-0.2, -0.15) is 0 Å². The van der Waals surface area contributed by atoms with Crippen LogP contribution in [0.2, 0.25) is 0 Å². The third kappa shape index (κ3) is 17.6. The molecule has 2 aliphatic heterocycles.